The second kappa shape index (κ2) is 7.87. The molecule has 0 bridgehead atoms. The maximum absolute atomic E-state index is 12.3. The van der Waals surface area contributed by atoms with Crippen LogP contribution in [-0.2, 0) is 11.3 Å². The number of aliphatic hydroxyl groups is 1. The molecular weight excluding hydrogens is 294 g/mol. The molecule has 2 aromatic rings. The van der Waals surface area contributed by atoms with Gasteiger partial charge in [-0.05, 0) is 24.5 Å². The van der Waals surface area contributed by atoms with Crippen molar-refractivity contribution in [1.29, 1.82) is 0 Å². The van der Waals surface area contributed by atoms with Crippen LogP contribution in [-0.4, -0.2) is 33.2 Å². The minimum absolute atomic E-state index is 0.138. The first-order chi connectivity index (χ1) is 11.0. The second-order valence-corrected chi connectivity index (χ2v) is 5.96. The third-order valence-electron chi connectivity index (χ3n) is 3.84. The van der Waals surface area contributed by atoms with Gasteiger partial charge in [0, 0.05) is 19.5 Å². The molecule has 0 aliphatic rings. The number of carbonyl (C=O) groups excluding carboxylic acids is 1. The Hall–Kier alpha value is -2.21. The van der Waals surface area contributed by atoms with Crippen LogP contribution in [0.5, 0.6) is 0 Å². The third kappa shape index (κ3) is 4.63. The van der Waals surface area contributed by atoms with Crippen LogP contribution < -0.4 is 10.9 Å². The third-order valence-corrected chi connectivity index (χ3v) is 3.84. The average Bonchev–Trinajstić information content (AvgIpc) is 2.54. The Morgan fingerprint density at radius 1 is 1.35 bits per heavy atom. The fourth-order valence-corrected chi connectivity index (χ4v) is 2.27. The maximum Gasteiger partial charge on any atom is 0.261 e. The lowest BCUT2D eigenvalue weighted by Crippen LogP contribution is -2.30. The van der Waals surface area contributed by atoms with Crippen molar-refractivity contribution in [1.82, 2.24) is 14.9 Å². The van der Waals surface area contributed by atoms with Crippen molar-refractivity contribution in [3.8, 4) is 0 Å². The molecule has 0 aliphatic carbocycles. The topological polar surface area (TPSA) is 84.2 Å². The molecule has 2 rings (SSSR count). The van der Waals surface area contributed by atoms with E-state index >= 15 is 0 Å². The lowest BCUT2D eigenvalue weighted by Gasteiger charge is -2.14. The molecule has 0 saturated heterocycles. The summed E-state index contributed by atoms with van der Waals surface area (Å²) >= 11 is 0. The molecule has 0 saturated carbocycles. The van der Waals surface area contributed by atoms with Crippen LogP contribution >= 0.6 is 0 Å². The molecule has 1 atom stereocenters. The summed E-state index contributed by atoms with van der Waals surface area (Å²) in [6.45, 7) is 4.59. The average molecular weight is 317 g/mol. The maximum atomic E-state index is 12.3. The largest absolute Gasteiger partial charge is 0.393 e. The number of carbonyl (C=O) groups is 1. The van der Waals surface area contributed by atoms with E-state index in [2.05, 4.69) is 10.3 Å². The van der Waals surface area contributed by atoms with Gasteiger partial charge in [-0.15, -0.1) is 0 Å². The Balaban J connectivity index is 1.87. The van der Waals surface area contributed by atoms with Gasteiger partial charge in [-0.25, -0.2) is 4.98 Å². The fourth-order valence-electron chi connectivity index (χ4n) is 2.27. The number of fused-ring (bicyclic) bond motifs is 1. The normalized spacial score (nSPS) is 12.5. The Bertz CT molecular complexity index is 724. The predicted octanol–water partition coefficient (Wildman–Crippen LogP) is 1.31. The summed E-state index contributed by atoms with van der Waals surface area (Å²) in [5.74, 6) is 0.0372. The zero-order chi connectivity index (χ0) is 16.8. The van der Waals surface area contributed by atoms with Gasteiger partial charge in [-0.2, -0.15) is 0 Å². The molecule has 1 aromatic heterocycles. The molecule has 0 radical (unpaired) electrons. The zero-order valence-electron chi connectivity index (χ0n) is 13.5. The summed E-state index contributed by atoms with van der Waals surface area (Å²) in [5.41, 5.74) is 0.513. The predicted molar refractivity (Wildman–Crippen MR) is 89.1 cm³/mol. The molecule has 124 valence electrons. The minimum Gasteiger partial charge on any atom is -0.393 e. The molecule has 2 N–H and O–H groups in total. The summed E-state index contributed by atoms with van der Waals surface area (Å²) in [4.78, 5) is 28.3. The molecule has 6 heteroatoms. The lowest BCUT2D eigenvalue weighted by molar-refractivity contribution is -0.121. The monoisotopic (exact) mass is 317 g/mol. The summed E-state index contributed by atoms with van der Waals surface area (Å²) in [5, 5.41) is 13.0. The molecule has 0 fully saturated rings. The molecule has 23 heavy (non-hydrogen) atoms. The van der Waals surface area contributed by atoms with Crippen molar-refractivity contribution in [2.24, 2.45) is 5.92 Å². The number of hydrogen-bond donors (Lipinski definition) is 2. The van der Waals surface area contributed by atoms with Crippen LogP contribution in [0.15, 0.2) is 35.4 Å². The van der Waals surface area contributed by atoms with Gasteiger partial charge in [0.25, 0.3) is 5.56 Å². The summed E-state index contributed by atoms with van der Waals surface area (Å²) in [6, 6.07) is 7.14. The van der Waals surface area contributed by atoms with Crippen molar-refractivity contribution in [3.63, 3.8) is 0 Å². The van der Waals surface area contributed by atoms with Crippen molar-refractivity contribution < 1.29 is 9.90 Å². The molecule has 1 aromatic carbocycles. The van der Waals surface area contributed by atoms with Gasteiger partial charge in [0.05, 0.1) is 23.3 Å². The number of aliphatic hydroxyl groups excluding tert-OH is 1. The highest BCUT2D eigenvalue weighted by Gasteiger charge is 2.10. The number of aryl methyl sites for hydroxylation is 1. The van der Waals surface area contributed by atoms with Crippen LogP contribution in [0.4, 0.5) is 0 Å². The Morgan fingerprint density at radius 2 is 2.09 bits per heavy atom. The lowest BCUT2D eigenvalue weighted by atomic mass is 10.0. The molecule has 0 aliphatic heterocycles. The van der Waals surface area contributed by atoms with Crippen LogP contribution in [0, 0.1) is 5.92 Å². The highest BCUT2D eigenvalue weighted by Crippen LogP contribution is 2.05. The fraction of sp³-hybridized carbons (Fsp3) is 0.471. The zero-order valence-corrected chi connectivity index (χ0v) is 13.5. The first kappa shape index (κ1) is 17.1. The minimum atomic E-state index is -0.414. The first-order valence-electron chi connectivity index (χ1n) is 7.88. The number of nitrogens with one attached hydrogen (secondary N) is 1. The number of para-hydroxylation sites is 1. The van der Waals surface area contributed by atoms with Crippen molar-refractivity contribution >= 4 is 16.8 Å². The summed E-state index contributed by atoms with van der Waals surface area (Å²) in [6.07, 6.45) is 1.79. The number of benzene rings is 1. The number of amides is 1. The first-order valence-corrected chi connectivity index (χ1v) is 7.88. The van der Waals surface area contributed by atoms with Crippen molar-refractivity contribution in [3.05, 3.63) is 40.9 Å². The Kier molecular flexibility index (Phi) is 5.87. The van der Waals surface area contributed by atoms with Gasteiger partial charge in [0.2, 0.25) is 5.91 Å². The van der Waals surface area contributed by atoms with E-state index in [0.29, 0.717) is 23.9 Å². The van der Waals surface area contributed by atoms with E-state index in [0.717, 1.165) is 0 Å². The molecular formula is C17H23N3O3. The van der Waals surface area contributed by atoms with Crippen LogP contribution in [0.2, 0.25) is 0 Å². The standard InChI is InChI=1S/C17H23N3O3/c1-12(2)15(21)7-9-18-16(22)8-10-20-11-19-14-6-4-3-5-13(14)17(20)23/h3-6,11-12,15,21H,7-10H2,1-2H3,(H,18,22). The van der Waals surface area contributed by atoms with Gasteiger partial charge in [0.15, 0.2) is 0 Å². The van der Waals surface area contributed by atoms with Gasteiger partial charge in [-0.1, -0.05) is 26.0 Å². The van der Waals surface area contributed by atoms with Gasteiger partial charge < -0.3 is 10.4 Å². The van der Waals surface area contributed by atoms with E-state index in [4.69, 9.17) is 0 Å². The highest BCUT2D eigenvalue weighted by molar-refractivity contribution is 5.77. The molecule has 1 heterocycles. The van der Waals surface area contributed by atoms with E-state index in [1.165, 1.54) is 10.9 Å². The molecule has 1 amide bonds. The summed E-state index contributed by atoms with van der Waals surface area (Å²) in [7, 11) is 0. The van der Waals surface area contributed by atoms with Crippen LogP contribution in [0.1, 0.15) is 26.7 Å². The van der Waals surface area contributed by atoms with E-state index in [1.54, 1.807) is 18.2 Å². The molecule has 0 spiro atoms. The quantitative estimate of drug-likeness (QED) is 0.806. The van der Waals surface area contributed by atoms with Crippen LogP contribution in [0.25, 0.3) is 10.9 Å². The number of hydrogen-bond acceptors (Lipinski definition) is 4. The SMILES string of the molecule is CC(C)C(O)CCNC(=O)CCn1cnc2ccccc2c1=O. The van der Waals surface area contributed by atoms with E-state index in [9.17, 15) is 14.7 Å². The highest BCUT2D eigenvalue weighted by atomic mass is 16.3. The van der Waals surface area contributed by atoms with E-state index in [1.807, 2.05) is 19.9 Å². The van der Waals surface area contributed by atoms with Crippen molar-refractivity contribution in [2.45, 2.75) is 39.3 Å². The van der Waals surface area contributed by atoms with Gasteiger partial charge in [-0.3, -0.25) is 14.2 Å². The number of nitrogens with zero attached hydrogens (tertiary/aromatic N) is 2. The molecule has 6 nitrogen and oxygen atoms in total. The van der Waals surface area contributed by atoms with Gasteiger partial charge in [0.1, 0.15) is 0 Å². The second-order valence-electron chi connectivity index (χ2n) is 5.96. The number of aromatic nitrogens is 2. The smallest absolute Gasteiger partial charge is 0.261 e. The van der Waals surface area contributed by atoms with Crippen molar-refractivity contribution in [2.75, 3.05) is 6.54 Å². The van der Waals surface area contributed by atoms with E-state index < -0.39 is 6.10 Å². The van der Waals surface area contributed by atoms with Crippen LogP contribution in [0.3, 0.4) is 0 Å². The van der Waals surface area contributed by atoms with Gasteiger partial charge >= 0.3 is 0 Å². The number of rotatable bonds is 7. The molecule has 1 unspecified atom stereocenters. The summed E-state index contributed by atoms with van der Waals surface area (Å²) < 4.78 is 1.45. The Morgan fingerprint density at radius 3 is 2.83 bits per heavy atom. The Labute approximate surface area is 135 Å². The van der Waals surface area contributed by atoms with E-state index in [-0.39, 0.29) is 30.3 Å².